The first kappa shape index (κ1) is 6.16. The third-order valence-corrected chi connectivity index (χ3v) is 2.60. The van der Waals surface area contributed by atoms with Gasteiger partial charge in [-0.2, -0.15) is 0 Å². The highest BCUT2D eigenvalue weighted by molar-refractivity contribution is 5.68. The number of rotatable bonds is 2. The van der Waals surface area contributed by atoms with E-state index >= 15 is 0 Å². The molecule has 1 saturated carbocycles. The summed E-state index contributed by atoms with van der Waals surface area (Å²) in [5.74, 6) is 0.489. The van der Waals surface area contributed by atoms with Crippen LogP contribution in [0.25, 0.3) is 0 Å². The molecule has 2 rings (SSSR count). The SMILES string of the molecule is O=C(O)CC1[C@H]2CCN[C@@H]12. The number of hydrogen-bond donors (Lipinski definition) is 2. The topological polar surface area (TPSA) is 49.3 Å². The quantitative estimate of drug-likeness (QED) is 0.572. The highest BCUT2D eigenvalue weighted by atomic mass is 16.4. The van der Waals surface area contributed by atoms with Gasteiger partial charge in [0.25, 0.3) is 0 Å². The Balaban J connectivity index is 1.84. The predicted molar refractivity (Wildman–Crippen MR) is 35.6 cm³/mol. The largest absolute Gasteiger partial charge is 0.481 e. The van der Waals surface area contributed by atoms with Crippen molar-refractivity contribution in [2.24, 2.45) is 11.8 Å². The minimum atomic E-state index is -0.652. The first-order valence-electron chi connectivity index (χ1n) is 3.74. The van der Waals surface area contributed by atoms with E-state index in [0.717, 1.165) is 6.54 Å². The molecule has 56 valence electrons. The summed E-state index contributed by atoms with van der Waals surface area (Å²) < 4.78 is 0. The van der Waals surface area contributed by atoms with Gasteiger partial charge in [0.2, 0.25) is 0 Å². The van der Waals surface area contributed by atoms with E-state index in [0.29, 0.717) is 24.3 Å². The van der Waals surface area contributed by atoms with Gasteiger partial charge in [-0.3, -0.25) is 4.79 Å². The molecular formula is C7H11NO2. The van der Waals surface area contributed by atoms with Gasteiger partial charge < -0.3 is 10.4 Å². The first-order valence-corrected chi connectivity index (χ1v) is 3.74. The van der Waals surface area contributed by atoms with Crippen LogP contribution in [0.5, 0.6) is 0 Å². The highest BCUT2D eigenvalue weighted by Crippen LogP contribution is 2.47. The van der Waals surface area contributed by atoms with Crippen LogP contribution in [0.3, 0.4) is 0 Å². The molecule has 2 N–H and O–H groups in total. The summed E-state index contributed by atoms with van der Waals surface area (Å²) >= 11 is 0. The second-order valence-corrected chi connectivity index (χ2v) is 3.19. The van der Waals surface area contributed by atoms with Crippen molar-refractivity contribution < 1.29 is 9.90 Å². The second-order valence-electron chi connectivity index (χ2n) is 3.19. The standard InChI is InChI=1S/C7H11NO2/c9-6(10)3-5-4-1-2-8-7(4)5/h4-5,7-8H,1-3H2,(H,9,10)/t4-,5?,7-/m1/s1. The van der Waals surface area contributed by atoms with Crippen LogP contribution < -0.4 is 5.32 Å². The van der Waals surface area contributed by atoms with Crippen molar-refractivity contribution in [2.45, 2.75) is 18.9 Å². The molecule has 3 nitrogen and oxygen atoms in total. The smallest absolute Gasteiger partial charge is 0.303 e. The Morgan fingerprint density at radius 2 is 2.50 bits per heavy atom. The van der Waals surface area contributed by atoms with E-state index in [1.807, 2.05) is 0 Å². The van der Waals surface area contributed by atoms with Crippen LogP contribution >= 0.6 is 0 Å². The van der Waals surface area contributed by atoms with Crippen LogP contribution in [0.1, 0.15) is 12.8 Å². The van der Waals surface area contributed by atoms with Gasteiger partial charge in [0.1, 0.15) is 0 Å². The molecule has 0 aromatic heterocycles. The number of carboxylic acids is 1. The van der Waals surface area contributed by atoms with Gasteiger partial charge >= 0.3 is 5.97 Å². The third kappa shape index (κ3) is 0.814. The number of carbonyl (C=O) groups is 1. The molecule has 2 aliphatic rings. The van der Waals surface area contributed by atoms with Gasteiger partial charge in [-0.05, 0) is 24.8 Å². The van der Waals surface area contributed by atoms with Crippen molar-refractivity contribution >= 4 is 5.97 Å². The zero-order valence-electron chi connectivity index (χ0n) is 5.71. The van der Waals surface area contributed by atoms with Crippen molar-refractivity contribution in [1.29, 1.82) is 0 Å². The van der Waals surface area contributed by atoms with E-state index < -0.39 is 5.97 Å². The van der Waals surface area contributed by atoms with Crippen LogP contribution in [0.2, 0.25) is 0 Å². The lowest BCUT2D eigenvalue weighted by molar-refractivity contribution is -0.137. The van der Waals surface area contributed by atoms with Crippen molar-refractivity contribution in [3.63, 3.8) is 0 Å². The molecule has 10 heavy (non-hydrogen) atoms. The maximum absolute atomic E-state index is 10.3. The zero-order valence-corrected chi connectivity index (χ0v) is 5.71. The average molecular weight is 141 g/mol. The molecule has 2 fully saturated rings. The minimum absolute atomic E-state index is 0.363. The van der Waals surface area contributed by atoms with Crippen LogP contribution in [0, 0.1) is 11.8 Å². The van der Waals surface area contributed by atoms with Gasteiger partial charge in [0.05, 0.1) is 0 Å². The van der Waals surface area contributed by atoms with Crippen molar-refractivity contribution in [1.82, 2.24) is 5.32 Å². The van der Waals surface area contributed by atoms with E-state index in [4.69, 9.17) is 5.11 Å². The molecule has 1 saturated heterocycles. The third-order valence-electron chi connectivity index (χ3n) is 2.60. The van der Waals surface area contributed by atoms with Gasteiger partial charge in [0, 0.05) is 12.5 Å². The molecule has 0 amide bonds. The fourth-order valence-corrected chi connectivity index (χ4v) is 2.04. The van der Waals surface area contributed by atoms with Crippen LogP contribution in [0.4, 0.5) is 0 Å². The van der Waals surface area contributed by atoms with E-state index in [1.54, 1.807) is 0 Å². The second kappa shape index (κ2) is 1.95. The fourth-order valence-electron chi connectivity index (χ4n) is 2.04. The Bertz CT molecular complexity index is 159. The van der Waals surface area contributed by atoms with Gasteiger partial charge in [-0.25, -0.2) is 0 Å². The van der Waals surface area contributed by atoms with Crippen LogP contribution in [-0.2, 0) is 4.79 Å². The first-order chi connectivity index (χ1) is 4.79. The van der Waals surface area contributed by atoms with Crippen molar-refractivity contribution in [3.05, 3.63) is 0 Å². The van der Waals surface area contributed by atoms with Crippen LogP contribution in [0.15, 0.2) is 0 Å². The maximum Gasteiger partial charge on any atom is 0.303 e. The van der Waals surface area contributed by atoms with E-state index in [9.17, 15) is 4.79 Å². The molecule has 3 heteroatoms. The Morgan fingerprint density at radius 3 is 3.00 bits per heavy atom. The van der Waals surface area contributed by atoms with Crippen molar-refractivity contribution in [2.75, 3.05) is 6.54 Å². The Kier molecular flexibility index (Phi) is 1.20. The Hall–Kier alpha value is -0.570. The predicted octanol–water partition coefficient (Wildman–Crippen LogP) is 0.0690. The number of aliphatic carboxylic acids is 1. The summed E-state index contributed by atoms with van der Waals surface area (Å²) in [6.07, 6.45) is 1.55. The monoisotopic (exact) mass is 141 g/mol. The van der Waals surface area contributed by atoms with Crippen LogP contribution in [-0.4, -0.2) is 23.7 Å². The molecule has 0 aromatic carbocycles. The maximum atomic E-state index is 10.3. The molecule has 0 spiro atoms. The lowest BCUT2D eigenvalue weighted by atomic mass is 10.2. The normalized spacial score (nSPS) is 43.0. The molecule has 0 radical (unpaired) electrons. The minimum Gasteiger partial charge on any atom is -0.481 e. The van der Waals surface area contributed by atoms with Gasteiger partial charge in [-0.15, -0.1) is 0 Å². The van der Waals surface area contributed by atoms with E-state index in [-0.39, 0.29) is 0 Å². The number of fused-ring (bicyclic) bond motifs is 1. The summed E-state index contributed by atoms with van der Waals surface area (Å²) in [4.78, 5) is 10.3. The van der Waals surface area contributed by atoms with Crippen molar-refractivity contribution in [3.8, 4) is 0 Å². The summed E-state index contributed by atoms with van der Waals surface area (Å²) in [6.45, 7) is 1.09. The van der Waals surface area contributed by atoms with E-state index in [1.165, 1.54) is 6.42 Å². The fraction of sp³-hybridized carbons (Fsp3) is 0.857. The number of piperidine rings is 1. The highest BCUT2D eigenvalue weighted by Gasteiger charge is 2.53. The molecule has 0 aromatic rings. The molecule has 1 aliphatic carbocycles. The molecule has 1 unspecified atom stereocenters. The van der Waals surface area contributed by atoms with Gasteiger partial charge in [-0.1, -0.05) is 0 Å². The molecule has 0 bridgehead atoms. The lowest BCUT2D eigenvalue weighted by Gasteiger charge is -1.98. The molecular weight excluding hydrogens is 130 g/mol. The molecule has 1 aliphatic heterocycles. The molecule has 3 atom stereocenters. The Labute approximate surface area is 59.4 Å². The average Bonchev–Trinajstić information content (AvgIpc) is 2.40. The lowest BCUT2D eigenvalue weighted by Crippen LogP contribution is -2.16. The summed E-state index contributed by atoms with van der Waals surface area (Å²) in [6, 6.07) is 0.552. The summed E-state index contributed by atoms with van der Waals surface area (Å²) in [5.41, 5.74) is 0. The number of hydrogen-bond acceptors (Lipinski definition) is 2. The molecule has 1 heterocycles. The van der Waals surface area contributed by atoms with Gasteiger partial charge in [0.15, 0.2) is 0 Å². The summed E-state index contributed by atoms with van der Waals surface area (Å²) in [5, 5.41) is 11.7. The summed E-state index contributed by atoms with van der Waals surface area (Å²) in [7, 11) is 0. The number of nitrogens with one attached hydrogen (secondary N) is 1. The van der Waals surface area contributed by atoms with E-state index in [2.05, 4.69) is 5.32 Å². The Morgan fingerprint density at radius 1 is 1.70 bits per heavy atom. The number of carboxylic acid groups (broad SMARTS) is 1. The zero-order chi connectivity index (χ0) is 7.14.